The molecule has 0 aliphatic heterocycles. The molecule has 0 fully saturated rings. The Labute approximate surface area is 124 Å². The summed E-state index contributed by atoms with van der Waals surface area (Å²) in [6.07, 6.45) is 1.44. The van der Waals surface area contributed by atoms with Crippen molar-refractivity contribution in [2.45, 2.75) is 0 Å². The van der Waals surface area contributed by atoms with Gasteiger partial charge in [0.05, 0.1) is 10.6 Å². The summed E-state index contributed by atoms with van der Waals surface area (Å²) >= 11 is 5.87. The lowest BCUT2D eigenvalue weighted by atomic mass is 10.2. The minimum Gasteiger partial charge on any atom is -0.258 e. The first-order valence-electron chi connectivity index (χ1n) is 6.06. The monoisotopic (exact) mass is 300 g/mol. The number of hydrogen-bond acceptors (Lipinski definition) is 4. The molecule has 0 bridgehead atoms. The molecule has 0 saturated heterocycles. The summed E-state index contributed by atoms with van der Waals surface area (Å²) in [5, 5.41) is 15.5. The maximum atomic E-state index is 10.7. The molecule has 3 rings (SSSR count). The predicted molar refractivity (Wildman–Crippen MR) is 78.5 cm³/mol. The van der Waals surface area contributed by atoms with Crippen LogP contribution in [0, 0.1) is 10.1 Å². The number of nitrogens with zero attached hydrogens (tertiary/aromatic N) is 4. The molecule has 0 spiro atoms. The Morgan fingerprint density at radius 3 is 2.33 bits per heavy atom. The van der Waals surface area contributed by atoms with Gasteiger partial charge in [-0.3, -0.25) is 10.1 Å². The fourth-order valence-corrected chi connectivity index (χ4v) is 2.07. The summed E-state index contributed by atoms with van der Waals surface area (Å²) < 4.78 is 1.62. The molecule has 2 aromatic carbocycles. The van der Waals surface area contributed by atoms with Crippen molar-refractivity contribution in [2.24, 2.45) is 0 Å². The largest absolute Gasteiger partial charge is 0.269 e. The van der Waals surface area contributed by atoms with Crippen LogP contribution in [0.5, 0.6) is 0 Å². The highest BCUT2D eigenvalue weighted by molar-refractivity contribution is 6.30. The van der Waals surface area contributed by atoms with E-state index in [4.69, 9.17) is 11.6 Å². The average molecular weight is 301 g/mol. The normalized spacial score (nSPS) is 10.5. The molecule has 0 atom stereocenters. The van der Waals surface area contributed by atoms with Crippen LogP contribution in [0.3, 0.4) is 0 Å². The fourth-order valence-electron chi connectivity index (χ4n) is 1.94. The summed E-state index contributed by atoms with van der Waals surface area (Å²) in [5.41, 5.74) is 1.59. The van der Waals surface area contributed by atoms with Crippen molar-refractivity contribution in [3.05, 3.63) is 70.0 Å². The van der Waals surface area contributed by atoms with E-state index in [-0.39, 0.29) is 5.69 Å². The van der Waals surface area contributed by atoms with E-state index in [1.165, 1.54) is 18.5 Å². The van der Waals surface area contributed by atoms with Crippen LogP contribution >= 0.6 is 11.6 Å². The molecule has 0 aliphatic carbocycles. The second kappa shape index (κ2) is 5.34. The van der Waals surface area contributed by atoms with Gasteiger partial charge in [0.1, 0.15) is 6.33 Å². The summed E-state index contributed by atoms with van der Waals surface area (Å²) in [4.78, 5) is 14.5. The van der Waals surface area contributed by atoms with E-state index in [1.807, 2.05) is 12.1 Å². The molecule has 6 nitrogen and oxygen atoms in total. The van der Waals surface area contributed by atoms with Crippen molar-refractivity contribution >= 4 is 17.3 Å². The average Bonchev–Trinajstić information content (AvgIpc) is 2.97. The Balaban J connectivity index is 2.02. The maximum absolute atomic E-state index is 10.7. The molecule has 0 unspecified atom stereocenters. The zero-order valence-corrected chi connectivity index (χ0v) is 11.4. The van der Waals surface area contributed by atoms with E-state index in [1.54, 1.807) is 28.9 Å². The van der Waals surface area contributed by atoms with E-state index in [0.717, 1.165) is 5.56 Å². The number of non-ortho nitro benzene ring substituents is 1. The van der Waals surface area contributed by atoms with Gasteiger partial charge in [0.15, 0.2) is 5.82 Å². The van der Waals surface area contributed by atoms with Gasteiger partial charge in [0.2, 0.25) is 0 Å². The molecule has 0 radical (unpaired) electrons. The Kier molecular flexibility index (Phi) is 3.37. The zero-order chi connectivity index (χ0) is 14.8. The number of hydrogen-bond donors (Lipinski definition) is 0. The molecule has 7 heteroatoms. The molecule has 21 heavy (non-hydrogen) atoms. The van der Waals surface area contributed by atoms with Crippen LogP contribution in [0.1, 0.15) is 0 Å². The van der Waals surface area contributed by atoms with Crippen LogP contribution in [-0.4, -0.2) is 19.7 Å². The molecule has 1 aromatic heterocycles. The third-order valence-electron chi connectivity index (χ3n) is 2.96. The predicted octanol–water partition coefficient (Wildman–Crippen LogP) is 3.50. The highest BCUT2D eigenvalue weighted by atomic mass is 35.5. The molecule has 0 amide bonds. The van der Waals surface area contributed by atoms with Crippen molar-refractivity contribution in [2.75, 3.05) is 0 Å². The Morgan fingerprint density at radius 2 is 1.71 bits per heavy atom. The number of aromatic nitrogens is 3. The van der Waals surface area contributed by atoms with Crippen LogP contribution in [-0.2, 0) is 0 Å². The van der Waals surface area contributed by atoms with E-state index < -0.39 is 4.92 Å². The first kappa shape index (κ1) is 13.3. The minimum absolute atomic E-state index is 0.0342. The minimum atomic E-state index is -0.439. The number of benzene rings is 2. The lowest BCUT2D eigenvalue weighted by molar-refractivity contribution is -0.384. The molecular weight excluding hydrogens is 292 g/mol. The smallest absolute Gasteiger partial charge is 0.258 e. The number of nitro benzene ring substituents is 1. The van der Waals surface area contributed by atoms with Gasteiger partial charge in [-0.2, -0.15) is 5.10 Å². The Bertz CT molecular complexity index is 781. The highest BCUT2D eigenvalue weighted by Gasteiger charge is 2.11. The molecule has 1 heterocycles. The quantitative estimate of drug-likeness (QED) is 0.548. The fraction of sp³-hybridized carbons (Fsp3) is 0. The van der Waals surface area contributed by atoms with E-state index in [0.29, 0.717) is 16.5 Å². The van der Waals surface area contributed by atoms with Crippen LogP contribution in [0.4, 0.5) is 5.69 Å². The van der Waals surface area contributed by atoms with E-state index in [9.17, 15) is 10.1 Å². The SMILES string of the molecule is O=[N+]([O-])c1ccc(-n2ncnc2-c2ccc(Cl)cc2)cc1. The van der Waals surface area contributed by atoms with Crippen LogP contribution < -0.4 is 0 Å². The van der Waals surface area contributed by atoms with Gasteiger partial charge >= 0.3 is 0 Å². The molecule has 3 aromatic rings. The van der Waals surface area contributed by atoms with Gasteiger partial charge in [0.25, 0.3) is 5.69 Å². The van der Waals surface area contributed by atoms with Crippen molar-refractivity contribution in [3.63, 3.8) is 0 Å². The second-order valence-corrected chi connectivity index (χ2v) is 4.71. The Morgan fingerprint density at radius 1 is 1.05 bits per heavy atom. The van der Waals surface area contributed by atoms with E-state index in [2.05, 4.69) is 10.1 Å². The number of rotatable bonds is 3. The molecular formula is C14H9ClN4O2. The Hall–Kier alpha value is -2.73. The van der Waals surface area contributed by atoms with Crippen molar-refractivity contribution in [1.82, 2.24) is 14.8 Å². The zero-order valence-electron chi connectivity index (χ0n) is 10.7. The second-order valence-electron chi connectivity index (χ2n) is 4.28. The van der Waals surface area contributed by atoms with Crippen molar-refractivity contribution in [1.29, 1.82) is 0 Å². The first-order valence-corrected chi connectivity index (χ1v) is 6.44. The highest BCUT2D eigenvalue weighted by Crippen LogP contribution is 2.23. The van der Waals surface area contributed by atoms with Crippen molar-refractivity contribution < 1.29 is 4.92 Å². The number of halogens is 1. The third kappa shape index (κ3) is 2.61. The van der Waals surface area contributed by atoms with Gasteiger partial charge in [0, 0.05) is 22.7 Å². The summed E-state index contributed by atoms with van der Waals surface area (Å²) in [7, 11) is 0. The van der Waals surface area contributed by atoms with Crippen molar-refractivity contribution in [3.8, 4) is 17.1 Å². The lowest BCUT2D eigenvalue weighted by Crippen LogP contribution is -1.99. The van der Waals surface area contributed by atoms with Gasteiger partial charge in [-0.05, 0) is 36.4 Å². The summed E-state index contributed by atoms with van der Waals surface area (Å²) in [6, 6.07) is 13.4. The maximum Gasteiger partial charge on any atom is 0.269 e. The van der Waals surface area contributed by atoms with E-state index >= 15 is 0 Å². The summed E-state index contributed by atoms with van der Waals surface area (Å²) in [6.45, 7) is 0. The summed E-state index contributed by atoms with van der Waals surface area (Å²) in [5.74, 6) is 0.639. The van der Waals surface area contributed by atoms with Crippen LogP contribution in [0.2, 0.25) is 5.02 Å². The first-order chi connectivity index (χ1) is 10.1. The third-order valence-corrected chi connectivity index (χ3v) is 3.21. The van der Waals surface area contributed by atoms with Gasteiger partial charge in [-0.1, -0.05) is 11.6 Å². The van der Waals surface area contributed by atoms with Crippen LogP contribution in [0.25, 0.3) is 17.1 Å². The topological polar surface area (TPSA) is 73.8 Å². The molecule has 0 N–H and O–H groups in total. The van der Waals surface area contributed by atoms with Gasteiger partial charge < -0.3 is 0 Å². The molecule has 104 valence electrons. The lowest BCUT2D eigenvalue weighted by Gasteiger charge is -2.06. The number of nitro groups is 1. The molecule has 0 aliphatic rings. The molecule has 0 saturated carbocycles. The van der Waals surface area contributed by atoms with Gasteiger partial charge in [-0.15, -0.1) is 0 Å². The van der Waals surface area contributed by atoms with Gasteiger partial charge in [-0.25, -0.2) is 9.67 Å². The van der Waals surface area contributed by atoms with Crippen LogP contribution in [0.15, 0.2) is 54.9 Å². The standard InChI is InChI=1S/C14H9ClN4O2/c15-11-3-1-10(2-4-11)14-16-9-17-18(14)12-5-7-13(8-6-12)19(20)21/h1-9H.